The summed E-state index contributed by atoms with van der Waals surface area (Å²) in [6, 6.07) is 11.8. The third kappa shape index (κ3) is 3.14. The van der Waals surface area contributed by atoms with Gasteiger partial charge in [-0.25, -0.2) is 0 Å². The van der Waals surface area contributed by atoms with Crippen molar-refractivity contribution in [3.8, 4) is 34.1 Å². The highest BCUT2D eigenvalue weighted by Crippen LogP contribution is 2.46. The second-order valence-electron chi connectivity index (χ2n) is 7.48. The van der Waals surface area contributed by atoms with Crippen molar-refractivity contribution in [2.24, 2.45) is 0 Å². The molecule has 0 saturated heterocycles. The van der Waals surface area contributed by atoms with Crippen molar-refractivity contribution in [2.75, 3.05) is 0 Å². The van der Waals surface area contributed by atoms with Crippen molar-refractivity contribution in [1.29, 1.82) is 0 Å². The van der Waals surface area contributed by atoms with Gasteiger partial charge in [0.15, 0.2) is 0 Å². The Balaban J connectivity index is 1.77. The lowest BCUT2D eigenvalue weighted by Gasteiger charge is -2.26. The number of carbonyl (C=O) groups excluding carboxylic acids is 1. The van der Waals surface area contributed by atoms with E-state index in [1.165, 1.54) is 36.6 Å². The van der Waals surface area contributed by atoms with Gasteiger partial charge in [-0.05, 0) is 35.4 Å². The summed E-state index contributed by atoms with van der Waals surface area (Å²) in [5, 5.41) is 29.9. The number of fused-ring (bicyclic) bond motifs is 3. The SMILES string of the molecule is O=C1CC(c2ccc(O)c(Cl)c2)c2c(cc(O)c3c(=O)c(-c4ccc(O)cc4)coc23)O1. The highest BCUT2D eigenvalue weighted by molar-refractivity contribution is 6.32. The molecule has 1 aliphatic heterocycles. The minimum Gasteiger partial charge on any atom is -0.508 e. The summed E-state index contributed by atoms with van der Waals surface area (Å²) < 4.78 is 11.2. The first-order chi connectivity index (χ1) is 15.3. The van der Waals surface area contributed by atoms with E-state index in [2.05, 4.69) is 0 Å². The molecule has 0 aliphatic carbocycles. The van der Waals surface area contributed by atoms with Gasteiger partial charge in [-0.2, -0.15) is 0 Å². The normalized spacial score (nSPS) is 15.4. The number of halogens is 1. The quantitative estimate of drug-likeness (QED) is 0.300. The van der Waals surface area contributed by atoms with Crippen LogP contribution in [0.25, 0.3) is 22.1 Å². The largest absolute Gasteiger partial charge is 0.508 e. The van der Waals surface area contributed by atoms with E-state index >= 15 is 0 Å². The average Bonchev–Trinajstić information content (AvgIpc) is 2.75. The van der Waals surface area contributed by atoms with Gasteiger partial charge in [-0.15, -0.1) is 0 Å². The fourth-order valence-corrected chi connectivity index (χ4v) is 4.19. The van der Waals surface area contributed by atoms with Crippen LogP contribution >= 0.6 is 11.6 Å². The summed E-state index contributed by atoms with van der Waals surface area (Å²) in [4.78, 5) is 25.5. The van der Waals surface area contributed by atoms with Crippen LogP contribution in [0.15, 0.2) is 64.0 Å². The van der Waals surface area contributed by atoms with Gasteiger partial charge in [0.1, 0.15) is 40.2 Å². The number of hydrogen-bond donors (Lipinski definition) is 3. The summed E-state index contributed by atoms with van der Waals surface area (Å²) in [5.74, 6) is -1.45. The van der Waals surface area contributed by atoms with Gasteiger partial charge in [0.2, 0.25) is 5.43 Å². The molecule has 1 unspecified atom stereocenters. The number of aromatic hydroxyl groups is 3. The molecule has 0 spiro atoms. The lowest BCUT2D eigenvalue weighted by molar-refractivity contribution is -0.135. The molecule has 3 N–H and O–H groups in total. The molecule has 0 bridgehead atoms. The molecule has 32 heavy (non-hydrogen) atoms. The minimum atomic E-state index is -0.574. The lowest BCUT2D eigenvalue weighted by Crippen LogP contribution is -2.22. The minimum absolute atomic E-state index is 0.0442. The molecule has 4 aromatic rings. The van der Waals surface area contributed by atoms with Crippen molar-refractivity contribution >= 4 is 28.5 Å². The van der Waals surface area contributed by atoms with Crippen LogP contribution in [0.1, 0.15) is 23.5 Å². The van der Waals surface area contributed by atoms with Crippen molar-refractivity contribution < 1.29 is 29.3 Å². The number of phenolic OH excluding ortho intramolecular Hbond substituents is 3. The second-order valence-corrected chi connectivity index (χ2v) is 7.89. The third-order valence-corrected chi connectivity index (χ3v) is 5.83. The molecule has 5 rings (SSSR count). The Morgan fingerprint density at radius 1 is 0.938 bits per heavy atom. The number of hydrogen-bond acceptors (Lipinski definition) is 7. The zero-order chi connectivity index (χ0) is 22.6. The van der Waals surface area contributed by atoms with Crippen LogP contribution in [-0.2, 0) is 4.79 Å². The Labute approximate surface area is 185 Å². The fourth-order valence-electron chi connectivity index (χ4n) is 4.00. The lowest BCUT2D eigenvalue weighted by atomic mass is 9.85. The third-order valence-electron chi connectivity index (χ3n) is 5.52. The maximum atomic E-state index is 13.3. The van der Waals surface area contributed by atoms with Crippen molar-refractivity contribution in [3.05, 3.63) is 81.2 Å². The van der Waals surface area contributed by atoms with Crippen LogP contribution in [0.5, 0.6) is 23.0 Å². The van der Waals surface area contributed by atoms with Gasteiger partial charge in [-0.3, -0.25) is 9.59 Å². The summed E-state index contributed by atoms with van der Waals surface area (Å²) in [5.41, 5.74) is 1.36. The van der Waals surface area contributed by atoms with E-state index in [-0.39, 0.29) is 51.0 Å². The number of ether oxygens (including phenoxy) is 1. The summed E-state index contributed by atoms with van der Waals surface area (Å²) >= 11 is 6.07. The van der Waals surface area contributed by atoms with Gasteiger partial charge in [-0.1, -0.05) is 29.8 Å². The van der Waals surface area contributed by atoms with Gasteiger partial charge < -0.3 is 24.5 Å². The zero-order valence-corrected chi connectivity index (χ0v) is 17.1. The molecule has 2 heterocycles. The number of carbonyl (C=O) groups is 1. The molecular weight excluding hydrogens is 436 g/mol. The average molecular weight is 451 g/mol. The Morgan fingerprint density at radius 2 is 1.69 bits per heavy atom. The standard InChI is InChI=1S/C24H15ClO7/c25-16-7-12(3-6-17(16)27)14-8-20(29)32-19-9-18(28)22-23(30)15(10-31-24(22)21(14)19)11-1-4-13(26)5-2-11/h1-7,9-10,14,26-28H,8H2. The van der Waals surface area contributed by atoms with Crippen LogP contribution in [-0.4, -0.2) is 21.3 Å². The predicted octanol–water partition coefficient (Wildman–Crippen LogP) is 4.67. The van der Waals surface area contributed by atoms with Crippen molar-refractivity contribution in [1.82, 2.24) is 0 Å². The van der Waals surface area contributed by atoms with Crippen LogP contribution in [0.2, 0.25) is 5.02 Å². The Hall–Kier alpha value is -3.97. The maximum absolute atomic E-state index is 13.3. The molecule has 160 valence electrons. The van der Waals surface area contributed by atoms with E-state index < -0.39 is 17.3 Å². The number of benzene rings is 3. The van der Waals surface area contributed by atoms with Crippen molar-refractivity contribution in [2.45, 2.75) is 12.3 Å². The number of phenols is 3. The van der Waals surface area contributed by atoms with Gasteiger partial charge in [0.05, 0.1) is 17.0 Å². The molecule has 0 radical (unpaired) electrons. The predicted molar refractivity (Wildman–Crippen MR) is 116 cm³/mol. The summed E-state index contributed by atoms with van der Waals surface area (Å²) in [6.45, 7) is 0. The monoisotopic (exact) mass is 450 g/mol. The zero-order valence-electron chi connectivity index (χ0n) is 16.3. The van der Waals surface area contributed by atoms with E-state index in [1.54, 1.807) is 18.2 Å². The molecule has 0 amide bonds. The highest BCUT2D eigenvalue weighted by Gasteiger charge is 2.34. The van der Waals surface area contributed by atoms with Crippen molar-refractivity contribution in [3.63, 3.8) is 0 Å². The second kappa shape index (κ2) is 7.32. The van der Waals surface area contributed by atoms with Gasteiger partial charge in [0, 0.05) is 17.5 Å². The first-order valence-electron chi connectivity index (χ1n) is 9.63. The van der Waals surface area contributed by atoms with Gasteiger partial charge >= 0.3 is 5.97 Å². The van der Waals surface area contributed by atoms with E-state index in [1.807, 2.05) is 0 Å². The van der Waals surface area contributed by atoms with Crippen LogP contribution in [0, 0.1) is 0 Å². The van der Waals surface area contributed by atoms with Crippen LogP contribution in [0.3, 0.4) is 0 Å². The topological polar surface area (TPSA) is 117 Å². The molecule has 3 aromatic carbocycles. The van der Waals surface area contributed by atoms with E-state index in [9.17, 15) is 24.9 Å². The van der Waals surface area contributed by atoms with Gasteiger partial charge in [0.25, 0.3) is 0 Å². The van der Waals surface area contributed by atoms with Crippen LogP contribution < -0.4 is 10.2 Å². The Kier molecular flexibility index (Phi) is 4.56. The maximum Gasteiger partial charge on any atom is 0.312 e. The molecule has 1 atom stereocenters. The Morgan fingerprint density at radius 3 is 2.41 bits per heavy atom. The molecule has 7 nitrogen and oxygen atoms in total. The van der Waals surface area contributed by atoms with Crippen LogP contribution in [0.4, 0.5) is 0 Å². The molecule has 1 aliphatic rings. The Bertz CT molecular complexity index is 1450. The number of rotatable bonds is 2. The molecule has 0 fully saturated rings. The van der Waals surface area contributed by atoms with E-state index in [0.29, 0.717) is 16.7 Å². The summed E-state index contributed by atoms with van der Waals surface area (Å²) in [7, 11) is 0. The van der Waals surface area contributed by atoms with E-state index in [4.69, 9.17) is 20.8 Å². The fraction of sp³-hybridized carbons (Fsp3) is 0.0833. The molecule has 1 aromatic heterocycles. The first kappa shape index (κ1) is 20.0. The molecule has 8 heteroatoms. The first-order valence-corrected chi connectivity index (χ1v) is 10.0. The smallest absolute Gasteiger partial charge is 0.312 e. The molecular formula is C24H15ClO7. The van der Waals surface area contributed by atoms with E-state index in [0.717, 1.165) is 0 Å². The number of esters is 1. The summed E-state index contributed by atoms with van der Waals surface area (Å²) in [6.07, 6.45) is 1.23. The molecule has 0 saturated carbocycles. The highest BCUT2D eigenvalue weighted by atomic mass is 35.5.